The molecule has 1 amide bonds. The molecule has 0 aromatic heterocycles. The van der Waals surface area contributed by atoms with Crippen LogP contribution in [0.25, 0.3) is 0 Å². The van der Waals surface area contributed by atoms with E-state index in [2.05, 4.69) is 19.2 Å². The van der Waals surface area contributed by atoms with Crippen LogP contribution in [-0.4, -0.2) is 73.4 Å². The maximum Gasteiger partial charge on any atom is 0.472 e. The second-order valence-electron chi connectivity index (χ2n) is 17.1. The predicted molar refractivity (Wildman–Crippen MR) is 226 cm³/mol. The highest BCUT2D eigenvalue weighted by Crippen LogP contribution is 2.43. The maximum atomic E-state index is 12.9. The standard InChI is InChI=1S/C44H91N2O6P/c1-6-8-10-12-14-16-18-19-20-21-22-23-24-25-26-28-30-32-34-36-38-44(48)45-42(41-52-53(49,50)51-40-39-46(3,4)5)43(47)37-35-33-31-29-27-17-15-13-11-9-7-2/h42-43,47H,6-41H2,1-5H3,(H-,45,48,49,50)/p+1. The average molecular weight is 776 g/mol. The minimum atomic E-state index is -4.30. The molecule has 318 valence electrons. The molecule has 0 aliphatic heterocycles. The van der Waals surface area contributed by atoms with E-state index in [-0.39, 0.29) is 19.1 Å². The Balaban J connectivity index is 4.22. The molecule has 0 aliphatic rings. The molecule has 8 nitrogen and oxygen atoms in total. The monoisotopic (exact) mass is 776 g/mol. The van der Waals surface area contributed by atoms with E-state index in [4.69, 9.17) is 9.05 Å². The van der Waals surface area contributed by atoms with E-state index >= 15 is 0 Å². The van der Waals surface area contributed by atoms with Crippen molar-refractivity contribution in [1.29, 1.82) is 0 Å². The zero-order valence-electron chi connectivity index (χ0n) is 36.0. The molecular formula is C44H92N2O6P+. The van der Waals surface area contributed by atoms with Crippen molar-refractivity contribution < 1.29 is 32.9 Å². The van der Waals surface area contributed by atoms with Crippen LogP contribution in [0.15, 0.2) is 0 Å². The number of amides is 1. The van der Waals surface area contributed by atoms with E-state index in [1.54, 1.807) is 0 Å². The first-order chi connectivity index (χ1) is 25.5. The number of phosphoric ester groups is 1. The number of carbonyl (C=O) groups is 1. The number of quaternary nitrogens is 1. The summed E-state index contributed by atoms with van der Waals surface area (Å²) in [5.74, 6) is -0.141. The third kappa shape index (κ3) is 39.5. The smallest absolute Gasteiger partial charge is 0.391 e. The first-order valence-corrected chi connectivity index (χ1v) is 24.4. The van der Waals surface area contributed by atoms with Crippen LogP contribution in [0.3, 0.4) is 0 Å². The normalized spacial score (nSPS) is 14.3. The Morgan fingerprint density at radius 3 is 1.26 bits per heavy atom. The van der Waals surface area contributed by atoms with E-state index in [9.17, 15) is 19.4 Å². The van der Waals surface area contributed by atoms with E-state index in [0.717, 1.165) is 38.5 Å². The van der Waals surface area contributed by atoms with Gasteiger partial charge in [0.25, 0.3) is 0 Å². The number of rotatable bonds is 42. The van der Waals surface area contributed by atoms with Gasteiger partial charge in [-0.25, -0.2) is 4.57 Å². The van der Waals surface area contributed by atoms with Crippen molar-refractivity contribution in [2.45, 2.75) is 238 Å². The quantitative estimate of drug-likeness (QED) is 0.0324. The number of phosphoric acid groups is 1. The number of nitrogens with zero attached hydrogens (tertiary/aromatic N) is 1. The number of hydrogen-bond donors (Lipinski definition) is 3. The van der Waals surface area contributed by atoms with Gasteiger partial charge >= 0.3 is 7.82 Å². The van der Waals surface area contributed by atoms with Crippen LogP contribution in [-0.2, 0) is 18.4 Å². The number of likely N-dealkylation sites (N-methyl/N-ethyl adjacent to an activating group) is 1. The van der Waals surface area contributed by atoms with Crippen LogP contribution in [0.2, 0.25) is 0 Å². The van der Waals surface area contributed by atoms with Crippen LogP contribution in [0.1, 0.15) is 226 Å². The summed E-state index contributed by atoms with van der Waals surface area (Å²) in [6.45, 7) is 4.90. The molecule has 0 spiro atoms. The molecule has 3 atom stereocenters. The minimum absolute atomic E-state index is 0.0784. The SMILES string of the molecule is CCCCCCCCCCCCCCCCCCCCCCC(=O)NC(COP(=O)(O)OCC[N+](C)(C)C)C(O)CCCCCCCCCCCCC. The zero-order valence-corrected chi connectivity index (χ0v) is 36.9. The highest BCUT2D eigenvalue weighted by Gasteiger charge is 2.28. The number of aliphatic hydroxyl groups excluding tert-OH is 1. The van der Waals surface area contributed by atoms with E-state index in [0.29, 0.717) is 23.9 Å². The molecule has 0 aromatic rings. The topological polar surface area (TPSA) is 105 Å². The van der Waals surface area contributed by atoms with Gasteiger partial charge in [-0.05, 0) is 12.8 Å². The molecule has 0 saturated carbocycles. The third-order valence-corrected chi connectivity index (χ3v) is 11.6. The Bertz CT molecular complexity index is 839. The first-order valence-electron chi connectivity index (χ1n) is 22.9. The molecule has 3 unspecified atom stereocenters. The minimum Gasteiger partial charge on any atom is -0.391 e. The lowest BCUT2D eigenvalue weighted by Gasteiger charge is -2.26. The molecule has 0 radical (unpaired) electrons. The highest BCUT2D eigenvalue weighted by molar-refractivity contribution is 7.47. The maximum absolute atomic E-state index is 12.9. The van der Waals surface area contributed by atoms with Gasteiger partial charge in [0.15, 0.2) is 0 Å². The molecule has 9 heteroatoms. The number of carbonyl (C=O) groups excluding carboxylic acids is 1. The van der Waals surface area contributed by atoms with E-state index < -0.39 is 20.0 Å². The molecule has 0 bridgehead atoms. The van der Waals surface area contributed by atoms with Crippen LogP contribution in [0.5, 0.6) is 0 Å². The molecule has 0 heterocycles. The molecule has 3 N–H and O–H groups in total. The summed E-state index contributed by atoms with van der Waals surface area (Å²) in [7, 11) is 1.63. The molecule has 0 saturated heterocycles. The van der Waals surface area contributed by atoms with Crippen molar-refractivity contribution in [3.8, 4) is 0 Å². The Morgan fingerprint density at radius 1 is 0.566 bits per heavy atom. The van der Waals surface area contributed by atoms with Gasteiger partial charge in [-0.2, -0.15) is 0 Å². The Kier molecular flexibility index (Phi) is 36.7. The van der Waals surface area contributed by atoms with Gasteiger partial charge in [-0.3, -0.25) is 13.8 Å². The van der Waals surface area contributed by atoms with Crippen molar-refractivity contribution in [2.75, 3.05) is 40.9 Å². The summed E-state index contributed by atoms with van der Waals surface area (Å²) in [5.41, 5.74) is 0. The Labute approximate surface area is 329 Å². The molecule has 0 aliphatic carbocycles. The fourth-order valence-corrected chi connectivity index (χ4v) is 7.67. The largest absolute Gasteiger partial charge is 0.472 e. The number of unbranched alkanes of at least 4 members (excludes halogenated alkanes) is 29. The lowest BCUT2D eigenvalue weighted by molar-refractivity contribution is -0.870. The van der Waals surface area contributed by atoms with Gasteiger partial charge in [0.05, 0.1) is 39.9 Å². The predicted octanol–water partition coefficient (Wildman–Crippen LogP) is 12.6. The summed E-state index contributed by atoms with van der Waals surface area (Å²) in [6.07, 6.45) is 39.9. The first kappa shape index (κ1) is 52.5. The van der Waals surface area contributed by atoms with Gasteiger partial charge in [-0.15, -0.1) is 0 Å². The van der Waals surface area contributed by atoms with Crippen LogP contribution in [0.4, 0.5) is 0 Å². The highest BCUT2D eigenvalue weighted by atomic mass is 31.2. The molecule has 0 rings (SSSR count). The summed E-state index contributed by atoms with van der Waals surface area (Å²) in [4.78, 5) is 23.1. The van der Waals surface area contributed by atoms with E-state index in [1.807, 2.05) is 21.1 Å². The molecule has 0 aromatic carbocycles. The van der Waals surface area contributed by atoms with Crippen LogP contribution >= 0.6 is 7.82 Å². The summed E-state index contributed by atoms with van der Waals surface area (Å²) in [5, 5.41) is 13.9. The summed E-state index contributed by atoms with van der Waals surface area (Å²) < 4.78 is 23.6. The number of nitrogens with one attached hydrogen (secondary N) is 1. The van der Waals surface area contributed by atoms with Crippen molar-refractivity contribution in [1.82, 2.24) is 5.32 Å². The second kappa shape index (κ2) is 37.1. The zero-order chi connectivity index (χ0) is 39.3. The second-order valence-corrected chi connectivity index (χ2v) is 18.6. The lowest BCUT2D eigenvalue weighted by atomic mass is 10.0. The van der Waals surface area contributed by atoms with Crippen molar-refractivity contribution in [3.63, 3.8) is 0 Å². The van der Waals surface area contributed by atoms with Gasteiger partial charge in [0.1, 0.15) is 13.2 Å². The number of hydrogen-bond acceptors (Lipinski definition) is 5. The summed E-state index contributed by atoms with van der Waals surface area (Å²) in [6, 6.07) is -0.752. The number of aliphatic hydroxyl groups is 1. The Morgan fingerprint density at radius 2 is 0.906 bits per heavy atom. The van der Waals surface area contributed by atoms with Crippen LogP contribution < -0.4 is 5.32 Å². The van der Waals surface area contributed by atoms with Gasteiger partial charge in [0, 0.05) is 6.42 Å². The molecule has 0 fully saturated rings. The van der Waals surface area contributed by atoms with Crippen molar-refractivity contribution >= 4 is 13.7 Å². The fourth-order valence-electron chi connectivity index (χ4n) is 6.93. The van der Waals surface area contributed by atoms with Gasteiger partial charge in [0.2, 0.25) is 5.91 Å². The lowest BCUT2D eigenvalue weighted by Crippen LogP contribution is -2.46. The van der Waals surface area contributed by atoms with Gasteiger partial charge in [-0.1, -0.05) is 206 Å². The molecule has 53 heavy (non-hydrogen) atoms. The third-order valence-electron chi connectivity index (χ3n) is 10.6. The average Bonchev–Trinajstić information content (AvgIpc) is 3.10. The van der Waals surface area contributed by atoms with E-state index in [1.165, 1.54) is 161 Å². The van der Waals surface area contributed by atoms with Gasteiger partial charge < -0.3 is 19.8 Å². The van der Waals surface area contributed by atoms with Crippen molar-refractivity contribution in [3.05, 3.63) is 0 Å². The fraction of sp³-hybridized carbons (Fsp3) is 0.977. The molecular weight excluding hydrogens is 683 g/mol. The summed E-state index contributed by atoms with van der Waals surface area (Å²) >= 11 is 0. The Hall–Kier alpha value is -0.500. The van der Waals surface area contributed by atoms with Crippen LogP contribution in [0, 0.1) is 0 Å². The van der Waals surface area contributed by atoms with Crippen molar-refractivity contribution in [2.24, 2.45) is 0 Å².